The molecule has 4 heterocycles. The molecule has 0 atom stereocenters. The standard InChI is InChI=1S/C27H28FIN4O6S2/c1-16-6-8-17(9-7-16)41(35,36)33-21(29)10-18-22(19(28)11-30-23(18)33)20-12-31-24(40-20)27(38-15-37-5)13-32(14-27)25(34)39-26(2,3)4/h6-12H,13-15H2,1-5H3. The van der Waals surface area contributed by atoms with E-state index in [0.717, 1.165) is 15.7 Å². The summed E-state index contributed by atoms with van der Waals surface area (Å²) < 4.78 is 60.6. The van der Waals surface area contributed by atoms with E-state index in [1.54, 1.807) is 39.0 Å². The minimum absolute atomic E-state index is 0.0388. The van der Waals surface area contributed by atoms with Crippen LogP contribution in [0.1, 0.15) is 31.3 Å². The number of hydrogen-bond acceptors (Lipinski definition) is 9. The summed E-state index contributed by atoms with van der Waals surface area (Å²) in [5.41, 5.74) is -0.408. The average molecular weight is 715 g/mol. The number of likely N-dealkylation sites (tertiary alicyclic amines) is 1. The van der Waals surface area contributed by atoms with Gasteiger partial charge in [-0.2, -0.15) is 0 Å². The number of halogens is 2. The van der Waals surface area contributed by atoms with Crippen molar-refractivity contribution >= 4 is 61.1 Å². The Kier molecular flexibility index (Phi) is 7.91. The van der Waals surface area contributed by atoms with Crippen LogP contribution >= 0.6 is 33.9 Å². The molecule has 1 fully saturated rings. The van der Waals surface area contributed by atoms with Crippen LogP contribution in [0.4, 0.5) is 9.18 Å². The van der Waals surface area contributed by atoms with Crippen molar-refractivity contribution in [1.82, 2.24) is 18.8 Å². The Labute approximate surface area is 254 Å². The largest absolute Gasteiger partial charge is 0.444 e. The molecule has 1 aliphatic heterocycles. The normalized spacial score (nSPS) is 15.2. The zero-order valence-corrected chi connectivity index (χ0v) is 26.8. The molecule has 0 saturated carbocycles. The van der Waals surface area contributed by atoms with Crippen LogP contribution in [0.2, 0.25) is 0 Å². The first-order valence-electron chi connectivity index (χ1n) is 12.5. The quantitative estimate of drug-likeness (QED) is 0.182. The molecule has 0 spiro atoms. The first-order chi connectivity index (χ1) is 19.3. The SMILES string of the molecule is COCOC1(c2ncc(-c3c(F)cnc4c3cc(I)n4S(=O)(=O)c3ccc(C)cc3)s2)CN(C(=O)OC(C)(C)C)C1. The zero-order chi connectivity index (χ0) is 29.7. The number of nitrogens with zero attached hydrogens (tertiary/aromatic N) is 4. The van der Waals surface area contributed by atoms with Crippen LogP contribution in [0.15, 0.2) is 47.6 Å². The summed E-state index contributed by atoms with van der Waals surface area (Å²) in [5.74, 6) is -0.621. The molecule has 1 aliphatic rings. The number of fused-ring (bicyclic) bond motifs is 1. The van der Waals surface area contributed by atoms with Crippen LogP contribution in [-0.2, 0) is 29.8 Å². The number of rotatable bonds is 7. The molecule has 3 aromatic heterocycles. The van der Waals surface area contributed by atoms with E-state index < -0.39 is 33.1 Å². The summed E-state index contributed by atoms with van der Waals surface area (Å²) in [4.78, 5) is 23.3. The van der Waals surface area contributed by atoms with Gasteiger partial charge in [-0.05, 0) is 68.5 Å². The van der Waals surface area contributed by atoms with E-state index in [4.69, 9.17) is 14.2 Å². The van der Waals surface area contributed by atoms with Gasteiger partial charge >= 0.3 is 6.09 Å². The van der Waals surface area contributed by atoms with Gasteiger partial charge in [0, 0.05) is 24.3 Å². The molecule has 1 saturated heterocycles. The van der Waals surface area contributed by atoms with E-state index in [1.807, 2.05) is 29.5 Å². The van der Waals surface area contributed by atoms with E-state index in [0.29, 0.717) is 19.0 Å². The van der Waals surface area contributed by atoms with Gasteiger partial charge in [-0.3, -0.25) is 0 Å². The number of amides is 1. The van der Waals surface area contributed by atoms with Gasteiger partial charge in [-0.15, -0.1) is 11.3 Å². The Balaban J connectivity index is 1.53. The van der Waals surface area contributed by atoms with Crippen molar-refractivity contribution in [2.75, 3.05) is 27.0 Å². The minimum Gasteiger partial charge on any atom is -0.444 e. The van der Waals surface area contributed by atoms with Crippen molar-refractivity contribution in [2.45, 2.75) is 43.8 Å². The van der Waals surface area contributed by atoms with Gasteiger partial charge in [0.2, 0.25) is 0 Å². The summed E-state index contributed by atoms with van der Waals surface area (Å²) >= 11 is 3.11. The highest BCUT2D eigenvalue weighted by atomic mass is 127. The maximum Gasteiger partial charge on any atom is 0.410 e. The molecule has 0 unspecified atom stereocenters. The number of hydrogen-bond donors (Lipinski definition) is 0. The van der Waals surface area contributed by atoms with Gasteiger partial charge in [-0.25, -0.2) is 31.5 Å². The van der Waals surface area contributed by atoms with Crippen molar-refractivity contribution in [3.8, 4) is 10.4 Å². The van der Waals surface area contributed by atoms with Crippen LogP contribution in [0.5, 0.6) is 0 Å². The molecule has 5 rings (SSSR count). The lowest BCUT2D eigenvalue weighted by molar-refractivity contribution is -0.193. The van der Waals surface area contributed by atoms with E-state index in [-0.39, 0.29) is 36.0 Å². The Hall–Kier alpha value is -2.66. The zero-order valence-electron chi connectivity index (χ0n) is 23.0. The summed E-state index contributed by atoms with van der Waals surface area (Å²) in [6.07, 6.45) is 2.06. The molecule has 4 aromatic rings. The Morgan fingerprint density at radius 2 is 1.85 bits per heavy atom. The van der Waals surface area contributed by atoms with Crippen molar-refractivity contribution in [1.29, 1.82) is 0 Å². The molecular formula is C27H28FIN4O6S2. The van der Waals surface area contributed by atoms with E-state index >= 15 is 4.39 Å². The van der Waals surface area contributed by atoms with Gasteiger partial charge in [0.15, 0.2) is 17.1 Å². The second-order valence-corrected chi connectivity index (χ2v) is 14.6. The van der Waals surface area contributed by atoms with Crippen molar-refractivity contribution in [3.05, 3.63) is 62.8 Å². The molecule has 0 N–H and O–H groups in total. The third-order valence-electron chi connectivity index (χ3n) is 6.40. The third kappa shape index (κ3) is 5.59. The van der Waals surface area contributed by atoms with E-state index in [9.17, 15) is 13.2 Å². The predicted molar refractivity (Wildman–Crippen MR) is 160 cm³/mol. The van der Waals surface area contributed by atoms with Crippen molar-refractivity contribution < 1.29 is 31.8 Å². The number of carbonyl (C=O) groups is 1. The number of benzene rings is 1. The molecule has 0 bridgehead atoms. The van der Waals surface area contributed by atoms with E-state index in [1.165, 1.54) is 41.7 Å². The summed E-state index contributed by atoms with van der Waals surface area (Å²) in [6, 6.07) is 8.09. The number of pyridine rings is 1. The summed E-state index contributed by atoms with van der Waals surface area (Å²) in [6.45, 7) is 7.55. The second kappa shape index (κ2) is 10.9. The van der Waals surface area contributed by atoms with Crippen LogP contribution < -0.4 is 0 Å². The number of aromatic nitrogens is 3. The highest BCUT2D eigenvalue weighted by molar-refractivity contribution is 14.1. The predicted octanol–water partition coefficient (Wildman–Crippen LogP) is 5.52. The van der Waals surface area contributed by atoms with Gasteiger partial charge in [0.25, 0.3) is 10.0 Å². The van der Waals surface area contributed by atoms with E-state index in [2.05, 4.69) is 9.97 Å². The molecule has 0 aliphatic carbocycles. The van der Waals surface area contributed by atoms with Crippen molar-refractivity contribution in [2.24, 2.45) is 0 Å². The van der Waals surface area contributed by atoms with Gasteiger partial charge in [-0.1, -0.05) is 17.7 Å². The molecule has 10 nitrogen and oxygen atoms in total. The van der Waals surface area contributed by atoms with Crippen LogP contribution in [0, 0.1) is 16.4 Å². The topological polar surface area (TPSA) is 113 Å². The Bertz CT molecular complexity index is 1720. The maximum absolute atomic E-state index is 15.4. The number of aryl methyl sites for hydroxylation is 1. The Morgan fingerprint density at radius 1 is 1.17 bits per heavy atom. The average Bonchev–Trinajstić information content (AvgIpc) is 3.47. The second-order valence-electron chi connectivity index (χ2n) is 10.7. The third-order valence-corrected chi connectivity index (χ3v) is 10.4. The lowest BCUT2D eigenvalue weighted by atomic mass is 9.95. The molecular weight excluding hydrogens is 686 g/mol. The molecule has 218 valence electrons. The van der Waals surface area contributed by atoms with Gasteiger partial charge in [0.1, 0.15) is 17.4 Å². The summed E-state index contributed by atoms with van der Waals surface area (Å²) in [5, 5.41) is 0.853. The maximum atomic E-state index is 15.4. The number of methoxy groups -OCH3 is 1. The van der Waals surface area contributed by atoms with Crippen LogP contribution in [0.3, 0.4) is 0 Å². The lowest BCUT2D eigenvalue weighted by Crippen LogP contribution is -2.63. The smallest absolute Gasteiger partial charge is 0.410 e. The highest BCUT2D eigenvalue weighted by Gasteiger charge is 2.51. The Morgan fingerprint density at radius 3 is 2.49 bits per heavy atom. The van der Waals surface area contributed by atoms with Gasteiger partial charge in [0.05, 0.1) is 32.8 Å². The minimum atomic E-state index is -4.00. The summed E-state index contributed by atoms with van der Waals surface area (Å²) in [7, 11) is -2.51. The molecule has 1 aromatic carbocycles. The number of carbonyl (C=O) groups excluding carboxylic acids is 1. The fraction of sp³-hybridized carbons (Fsp3) is 0.370. The molecule has 41 heavy (non-hydrogen) atoms. The first kappa shape index (κ1) is 29.8. The molecule has 1 amide bonds. The monoisotopic (exact) mass is 714 g/mol. The number of thiazole rings is 1. The highest BCUT2D eigenvalue weighted by Crippen LogP contribution is 2.43. The molecule has 0 radical (unpaired) electrons. The van der Waals surface area contributed by atoms with Crippen molar-refractivity contribution in [3.63, 3.8) is 0 Å². The fourth-order valence-corrected chi connectivity index (χ4v) is 8.22. The molecule has 14 heteroatoms. The van der Waals surface area contributed by atoms with Crippen LogP contribution in [-0.4, -0.2) is 65.9 Å². The lowest BCUT2D eigenvalue weighted by Gasteiger charge is -2.47. The van der Waals surface area contributed by atoms with Gasteiger partial charge < -0.3 is 19.1 Å². The van der Waals surface area contributed by atoms with Crippen LogP contribution in [0.25, 0.3) is 21.5 Å². The number of ether oxygens (including phenoxy) is 3. The first-order valence-corrected chi connectivity index (χ1v) is 15.8. The fourth-order valence-electron chi connectivity index (χ4n) is 4.45.